The van der Waals surface area contributed by atoms with Gasteiger partial charge in [-0.2, -0.15) is 0 Å². The maximum absolute atomic E-state index is 12.3. The molecule has 0 aliphatic rings. The lowest BCUT2D eigenvalue weighted by Crippen LogP contribution is -2.21. The van der Waals surface area contributed by atoms with E-state index in [2.05, 4.69) is 5.16 Å². The molecule has 4 aromatic rings. The van der Waals surface area contributed by atoms with Gasteiger partial charge in [0.2, 0.25) is 0 Å². The van der Waals surface area contributed by atoms with Crippen LogP contribution in [0, 0.1) is 0 Å². The third-order valence-electron chi connectivity index (χ3n) is 5.10. The number of oxime groups is 1. The lowest BCUT2D eigenvalue weighted by molar-refractivity contribution is 0.0704. The second-order valence-electron chi connectivity index (χ2n) is 7.02. The Morgan fingerprint density at radius 2 is 1.56 bits per heavy atom. The van der Waals surface area contributed by atoms with Crippen LogP contribution < -0.4 is 10.2 Å². The number of ether oxygens (including phenoxy) is 1. The van der Waals surface area contributed by atoms with Crippen LogP contribution in [0.15, 0.2) is 90.1 Å². The molecule has 1 amide bonds. The quantitative estimate of drug-likeness (QED) is 0.157. The molecule has 0 aliphatic heterocycles. The van der Waals surface area contributed by atoms with Crippen LogP contribution in [-0.2, 0) is 0 Å². The molecule has 4 aromatic carbocycles. The van der Waals surface area contributed by atoms with Gasteiger partial charge in [-0.05, 0) is 40.1 Å². The number of hydroxylamine groups is 1. The van der Waals surface area contributed by atoms with Gasteiger partial charge in [-0.15, -0.1) is 0 Å². The fourth-order valence-electron chi connectivity index (χ4n) is 3.48. The highest BCUT2D eigenvalue weighted by molar-refractivity contribution is 6.30. The molecule has 0 bridgehead atoms. The lowest BCUT2D eigenvalue weighted by Gasteiger charge is -2.14. The van der Waals surface area contributed by atoms with E-state index >= 15 is 0 Å². The van der Waals surface area contributed by atoms with Crippen molar-refractivity contribution >= 4 is 34.0 Å². The molecule has 0 aliphatic carbocycles. The van der Waals surface area contributed by atoms with Gasteiger partial charge in [0, 0.05) is 10.6 Å². The second kappa shape index (κ2) is 9.51. The molecular weight excluding hydrogens is 428 g/mol. The van der Waals surface area contributed by atoms with Crippen molar-refractivity contribution in [1.82, 2.24) is 5.48 Å². The molecule has 0 aromatic heterocycles. The molecule has 0 radical (unpaired) electrons. The minimum Gasteiger partial charge on any atom is -0.486 e. The van der Waals surface area contributed by atoms with E-state index in [1.165, 1.54) is 0 Å². The zero-order valence-corrected chi connectivity index (χ0v) is 17.6. The largest absolute Gasteiger partial charge is 0.486 e. The van der Waals surface area contributed by atoms with E-state index in [1.54, 1.807) is 23.7 Å². The molecule has 160 valence electrons. The Bertz CT molecular complexity index is 1290. The second-order valence-corrected chi connectivity index (χ2v) is 7.46. The average molecular weight is 447 g/mol. The van der Waals surface area contributed by atoms with E-state index < -0.39 is 5.91 Å². The third-order valence-corrected chi connectivity index (χ3v) is 5.35. The Balaban J connectivity index is 1.57. The molecule has 0 heterocycles. The number of nitrogens with one attached hydrogen (secondary N) is 1. The zero-order chi connectivity index (χ0) is 22.5. The number of nitrogens with zero attached hydrogens (tertiary/aromatic N) is 1. The predicted octanol–water partition coefficient (Wildman–Crippen LogP) is 5.54. The van der Waals surface area contributed by atoms with Gasteiger partial charge in [0.25, 0.3) is 5.91 Å². The van der Waals surface area contributed by atoms with Gasteiger partial charge in [-0.25, -0.2) is 5.48 Å². The number of fused-ring (bicyclic) bond motifs is 1. The molecule has 0 spiro atoms. The molecule has 0 saturated carbocycles. The number of halogens is 1. The number of benzene rings is 4. The highest BCUT2D eigenvalue weighted by Gasteiger charge is 2.17. The van der Waals surface area contributed by atoms with Crippen molar-refractivity contribution in [2.45, 2.75) is 0 Å². The monoisotopic (exact) mass is 446 g/mol. The van der Waals surface area contributed by atoms with Gasteiger partial charge in [-0.1, -0.05) is 83.5 Å². The Hall–Kier alpha value is -3.87. The first-order valence-corrected chi connectivity index (χ1v) is 10.1. The van der Waals surface area contributed by atoms with Gasteiger partial charge in [-0.3, -0.25) is 10.0 Å². The first-order valence-electron chi connectivity index (χ1n) is 9.77. The fraction of sp³-hybridized carbons (Fsp3) is 0.0400. The van der Waals surface area contributed by atoms with E-state index in [0.717, 1.165) is 16.5 Å². The molecule has 0 fully saturated rings. The number of carbonyl (C=O) groups is 1. The van der Waals surface area contributed by atoms with Crippen LogP contribution in [0.1, 0.15) is 15.9 Å². The van der Waals surface area contributed by atoms with E-state index in [9.17, 15) is 15.2 Å². The summed E-state index contributed by atoms with van der Waals surface area (Å²) in [7, 11) is 0. The molecule has 7 heteroatoms. The van der Waals surface area contributed by atoms with Crippen LogP contribution in [0.4, 0.5) is 0 Å². The van der Waals surface area contributed by atoms with Gasteiger partial charge < -0.3 is 9.94 Å². The Labute approximate surface area is 189 Å². The maximum atomic E-state index is 12.3. The highest BCUT2D eigenvalue weighted by Crippen LogP contribution is 2.28. The van der Waals surface area contributed by atoms with Crippen molar-refractivity contribution in [3.05, 3.63) is 101 Å². The van der Waals surface area contributed by atoms with Gasteiger partial charge in [0.15, 0.2) is 0 Å². The molecule has 3 N–H and O–H groups in total. The van der Waals surface area contributed by atoms with Gasteiger partial charge >= 0.3 is 0 Å². The van der Waals surface area contributed by atoms with Crippen molar-refractivity contribution in [3.63, 3.8) is 0 Å². The van der Waals surface area contributed by atoms with Crippen molar-refractivity contribution in [1.29, 1.82) is 0 Å². The molecular formula is C25H19ClN2O4. The first-order chi connectivity index (χ1) is 15.6. The molecule has 32 heavy (non-hydrogen) atoms. The predicted molar refractivity (Wildman–Crippen MR) is 124 cm³/mol. The summed E-state index contributed by atoms with van der Waals surface area (Å²) >= 11 is 5.95. The molecule has 6 nitrogen and oxygen atoms in total. The number of hydrogen-bond donors (Lipinski definition) is 3. The SMILES string of the molecule is O=C(NO)c1c(OCC(=NO)c2ccc(-c3ccc(Cl)cc3)cc2)ccc2ccccc12. The summed E-state index contributed by atoms with van der Waals surface area (Å²) in [6.07, 6.45) is 0. The smallest absolute Gasteiger partial charge is 0.279 e. The van der Waals surface area contributed by atoms with Gasteiger partial charge in [0.05, 0.1) is 5.56 Å². The summed E-state index contributed by atoms with van der Waals surface area (Å²) in [6, 6.07) is 25.7. The van der Waals surface area contributed by atoms with Crippen LogP contribution in [0.5, 0.6) is 5.75 Å². The summed E-state index contributed by atoms with van der Waals surface area (Å²) in [4.78, 5) is 12.3. The number of carbonyl (C=O) groups excluding carboxylic acids is 1. The van der Waals surface area contributed by atoms with Crippen LogP contribution >= 0.6 is 11.6 Å². The van der Waals surface area contributed by atoms with Crippen LogP contribution in [0.3, 0.4) is 0 Å². The number of hydrogen-bond acceptors (Lipinski definition) is 5. The summed E-state index contributed by atoms with van der Waals surface area (Å²) in [6.45, 7) is -0.0825. The van der Waals surface area contributed by atoms with Crippen LogP contribution in [0.25, 0.3) is 21.9 Å². The standard InChI is InChI=1S/C25H19ClN2O4/c26-20-12-9-17(10-13-20)16-5-7-19(8-6-16)22(27-30)15-32-23-14-11-18-3-1-2-4-21(18)24(23)25(29)28-31/h1-14,30-31H,15H2,(H,28,29). The van der Waals surface area contributed by atoms with Crippen molar-refractivity contribution in [2.75, 3.05) is 6.61 Å². The Morgan fingerprint density at radius 3 is 2.22 bits per heavy atom. The van der Waals surface area contributed by atoms with Crippen molar-refractivity contribution < 1.29 is 19.9 Å². The van der Waals surface area contributed by atoms with Gasteiger partial charge in [0.1, 0.15) is 18.1 Å². The third kappa shape index (κ3) is 4.42. The summed E-state index contributed by atoms with van der Waals surface area (Å²) in [5.41, 5.74) is 4.81. The average Bonchev–Trinajstić information content (AvgIpc) is 2.84. The van der Waals surface area contributed by atoms with Crippen LogP contribution in [-0.4, -0.2) is 28.6 Å². The number of amides is 1. The minimum absolute atomic E-state index is 0.0825. The summed E-state index contributed by atoms with van der Waals surface area (Å²) in [5, 5.41) is 24.2. The Kier molecular flexibility index (Phi) is 6.35. The molecule has 0 atom stereocenters. The van der Waals surface area contributed by atoms with E-state index in [-0.39, 0.29) is 23.6 Å². The molecule has 4 rings (SSSR count). The summed E-state index contributed by atoms with van der Waals surface area (Å²) < 4.78 is 5.83. The van der Waals surface area contributed by atoms with Crippen molar-refractivity contribution in [3.8, 4) is 16.9 Å². The topological polar surface area (TPSA) is 91.2 Å². The Morgan fingerprint density at radius 1 is 0.906 bits per heavy atom. The van der Waals surface area contributed by atoms with E-state index in [0.29, 0.717) is 16.0 Å². The summed E-state index contributed by atoms with van der Waals surface area (Å²) in [5.74, 6) is -0.430. The molecule has 0 saturated heterocycles. The first kappa shape index (κ1) is 21.4. The zero-order valence-electron chi connectivity index (χ0n) is 16.8. The fourth-order valence-corrected chi connectivity index (χ4v) is 3.60. The molecule has 0 unspecified atom stereocenters. The number of rotatable bonds is 6. The minimum atomic E-state index is -0.688. The van der Waals surface area contributed by atoms with Crippen LogP contribution in [0.2, 0.25) is 5.02 Å². The normalized spacial score (nSPS) is 11.4. The maximum Gasteiger partial charge on any atom is 0.279 e. The lowest BCUT2D eigenvalue weighted by atomic mass is 10.0. The highest BCUT2D eigenvalue weighted by atomic mass is 35.5. The van der Waals surface area contributed by atoms with Crippen molar-refractivity contribution in [2.24, 2.45) is 5.16 Å². The van der Waals surface area contributed by atoms with E-state index in [4.69, 9.17) is 16.3 Å². The van der Waals surface area contributed by atoms with E-state index in [1.807, 2.05) is 66.7 Å².